The fraction of sp³-hybridized carbons (Fsp3) is 0.400. The van der Waals surface area contributed by atoms with Crippen LogP contribution in [0.15, 0.2) is 60.7 Å². The summed E-state index contributed by atoms with van der Waals surface area (Å²) in [6, 6.07) is 21.2. The summed E-state index contributed by atoms with van der Waals surface area (Å²) in [5, 5.41) is 8.64. The van der Waals surface area contributed by atoms with Crippen molar-refractivity contribution in [1.82, 2.24) is 15.5 Å². The molecular formula is C20H24N3O. The molecule has 1 radical (unpaired) electrons. The topological polar surface area (TPSA) is 38.6 Å². The second-order valence-corrected chi connectivity index (χ2v) is 6.37. The molecule has 24 heavy (non-hydrogen) atoms. The molecule has 2 aromatic carbocycles. The second-order valence-electron chi connectivity index (χ2n) is 6.37. The van der Waals surface area contributed by atoms with Crippen LogP contribution in [0.3, 0.4) is 0 Å². The Labute approximate surface area is 143 Å². The van der Waals surface area contributed by atoms with Crippen LogP contribution in [0, 0.1) is 0 Å². The molecular weight excluding hydrogens is 298 g/mol. The minimum atomic E-state index is -0.442. The van der Waals surface area contributed by atoms with Crippen LogP contribution in [0.2, 0.25) is 0 Å². The zero-order valence-corrected chi connectivity index (χ0v) is 13.9. The van der Waals surface area contributed by atoms with Gasteiger partial charge in [0.25, 0.3) is 0 Å². The molecule has 0 spiro atoms. The maximum atomic E-state index is 6.33. The largest absolute Gasteiger partial charge is 0.368 e. The van der Waals surface area contributed by atoms with Crippen LogP contribution in [-0.4, -0.2) is 44.2 Å². The highest BCUT2D eigenvalue weighted by atomic mass is 16.5. The minimum Gasteiger partial charge on any atom is -0.368 e. The van der Waals surface area contributed by atoms with Crippen molar-refractivity contribution in [1.29, 1.82) is 0 Å². The minimum absolute atomic E-state index is 0.0760. The summed E-state index contributed by atoms with van der Waals surface area (Å²) in [4.78, 5) is 2.50. The number of morpholine rings is 1. The second kappa shape index (κ2) is 7.03. The lowest BCUT2D eigenvalue weighted by molar-refractivity contribution is -0.137. The van der Waals surface area contributed by atoms with Gasteiger partial charge in [-0.2, -0.15) is 0 Å². The molecule has 2 aliphatic heterocycles. The van der Waals surface area contributed by atoms with Gasteiger partial charge in [-0.3, -0.25) is 4.90 Å². The third-order valence-electron chi connectivity index (χ3n) is 4.99. The zero-order valence-electron chi connectivity index (χ0n) is 13.9. The highest BCUT2D eigenvalue weighted by Gasteiger charge is 2.49. The predicted octanol–water partition coefficient (Wildman–Crippen LogP) is 2.12. The number of piperazine rings is 1. The highest BCUT2D eigenvalue weighted by Crippen LogP contribution is 2.43. The van der Waals surface area contributed by atoms with Crippen LogP contribution in [0.25, 0.3) is 0 Å². The summed E-state index contributed by atoms with van der Waals surface area (Å²) in [5.74, 6) is 0. The van der Waals surface area contributed by atoms with Crippen LogP contribution in [0.4, 0.5) is 0 Å². The lowest BCUT2D eigenvalue weighted by Gasteiger charge is -2.52. The molecule has 2 aromatic rings. The molecule has 2 unspecified atom stereocenters. The van der Waals surface area contributed by atoms with E-state index >= 15 is 0 Å². The van der Waals surface area contributed by atoms with Crippen LogP contribution in [0.5, 0.6) is 0 Å². The molecule has 2 heterocycles. The molecule has 0 amide bonds. The van der Waals surface area contributed by atoms with Gasteiger partial charge in [0.05, 0.1) is 6.61 Å². The third-order valence-corrected chi connectivity index (χ3v) is 4.99. The Bertz CT molecular complexity index is 642. The number of benzene rings is 2. The van der Waals surface area contributed by atoms with Crippen molar-refractivity contribution in [3.63, 3.8) is 0 Å². The van der Waals surface area contributed by atoms with Gasteiger partial charge in [0.15, 0.2) is 0 Å². The molecule has 1 N–H and O–H groups in total. The van der Waals surface area contributed by atoms with E-state index in [2.05, 4.69) is 70.9 Å². The number of hydrogen-bond donors (Lipinski definition) is 1. The van der Waals surface area contributed by atoms with Crippen molar-refractivity contribution >= 4 is 0 Å². The van der Waals surface area contributed by atoms with Gasteiger partial charge in [-0.15, -0.1) is 0 Å². The maximum Gasteiger partial charge on any atom is 0.144 e. The maximum absolute atomic E-state index is 6.33. The highest BCUT2D eigenvalue weighted by molar-refractivity contribution is 5.32. The molecule has 0 bridgehead atoms. The molecule has 0 aliphatic carbocycles. The van der Waals surface area contributed by atoms with Crippen molar-refractivity contribution in [3.05, 3.63) is 71.8 Å². The molecule has 0 aromatic heterocycles. The van der Waals surface area contributed by atoms with Crippen molar-refractivity contribution < 1.29 is 4.74 Å². The molecule has 4 rings (SSSR count). The van der Waals surface area contributed by atoms with E-state index < -0.39 is 5.66 Å². The monoisotopic (exact) mass is 322 g/mol. The van der Waals surface area contributed by atoms with Crippen LogP contribution in [0.1, 0.15) is 17.2 Å². The fourth-order valence-electron chi connectivity index (χ4n) is 3.92. The first-order chi connectivity index (χ1) is 11.9. The van der Waals surface area contributed by atoms with Gasteiger partial charge in [0.1, 0.15) is 11.8 Å². The van der Waals surface area contributed by atoms with Crippen molar-refractivity contribution in [2.75, 3.05) is 39.3 Å². The predicted molar refractivity (Wildman–Crippen MR) is 94.7 cm³/mol. The van der Waals surface area contributed by atoms with Gasteiger partial charge >= 0.3 is 0 Å². The molecule has 2 atom stereocenters. The van der Waals surface area contributed by atoms with Gasteiger partial charge in [0, 0.05) is 32.7 Å². The Morgan fingerprint density at radius 2 is 1.62 bits per heavy atom. The van der Waals surface area contributed by atoms with Crippen LogP contribution in [-0.2, 0) is 10.4 Å². The smallest absolute Gasteiger partial charge is 0.144 e. The summed E-state index contributed by atoms with van der Waals surface area (Å²) in [6.45, 7) is 5.36. The standard InChI is InChI=1S/C20H24N3O/c1-3-7-17(8-4-1)19-20(22-13-16-24-19,18-9-5-2-6-10-18)23-14-11-21-12-15-23/h1-10,19,21H,11-16H2. The summed E-state index contributed by atoms with van der Waals surface area (Å²) < 4.78 is 6.33. The Morgan fingerprint density at radius 1 is 0.958 bits per heavy atom. The number of nitrogens with zero attached hydrogens (tertiary/aromatic N) is 2. The number of nitrogens with one attached hydrogen (secondary N) is 1. The number of rotatable bonds is 3. The van der Waals surface area contributed by atoms with Crippen molar-refractivity contribution in [2.24, 2.45) is 0 Å². The summed E-state index contributed by atoms with van der Waals surface area (Å²) in [5.41, 5.74) is 1.98. The van der Waals surface area contributed by atoms with E-state index in [9.17, 15) is 0 Å². The van der Waals surface area contributed by atoms with E-state index in [4.69, 9.17) is 10.1 Å². The zero-order chi connectivity index (χ0) is 16.2. The average Bonchev–Trinajstić information content (AvgIpc) is 2.70. The Morgan fingerprint density at radius 3 is 2.33 bits per heavy atom. The molecule has 2 aliphatic rings. The van der Waals surface area contributed by atoms with E-state index in [1.807, 2.05) is 0 Å². The molecule has 2 fully saturated rings. The van der Waals surface area contributed by atoms with E-state index in [1.165, 1.54) is 11.1 Å². The van der Waals surface area contributed by atoms with Crippen LogP contribution < -0.4 is 10.6 Å². The van der Waals surface area contributed by atoms with E-state index in [-0.39, 0.29) is 6.10 Å². The van der Waals surface area contributed by atoms with Crippen molar-refractivity contribution in [2.45, 2.75) is 11.8 Å². The van der Waals surface area contributed by atoms with Gasteiger partial charge in [-0.25, -0.2) is 5.32 Å². The van der Waals surface area contributed by atoms with E-state index in [1.54, 1.807) is 0 Å². The molecule has 4 nitrogen and oxygen atoms in total. The van der Waals surface area contributed by atoms with Gasteiger partial charge in [0.2, 0.25) is 0 Å². The van der Waals surface area contributed by atoms with Gasteiger partial charge < -0.3 is 10.1 Å². The first kappa shape index (κ1) is 15.8. The average molecular weight is 322 g/mol. The van der Waals surface area contributed by atoms with E-state index in [0.717, 1.165) is 32.7 Å². The van der Waals surface area contributed by atoms with E-state index in [0.29, 0.717) is 6.61 Å². The Hall–Kier alpha value is -1.72. The molecule has 2 saturated heterocycles. The Balaban J connectivity index is 1.83. The first-order valence-electron chi connectivity index (χ1n) is 8.78. The normalized spacial score (nSPS) is 28.6. The van der Waals surface area contributed by atoms with Gasteiger partial charge in [-0.05, 0) is 11.1 Å². The summed E-state index contributed by atoms with van der Waals surface area (Å²) in [7, 11) is 0. The molecule has 0 saturated carbocycles. The Kier molecular flexibility index (Phi) is 4.63. The lowest BCUT2D eigenvalue weighted by atomic mass is 9.85. The first-order valence-corrected chi connectivity index (χ1v) is 8.78. The van der Waals surface area contributed by atoms with Crippen LogP contribution >= 0.6 is 0 Å². The fourth-order valence-corrected chi connectivity index (χ4v) is 3.92. The lowest BCUT2D eigenvalue weighted by Crippen LogP contribution is -2.64. The third kappa shape index (κ3) is 2.76. The number of hydrogen-bond acceptors (Lipinski definition) is 3. The quantitative estimate of drug-likeness (QED) is 0.941. The SMILES string of the molecule is c1ccc(C2OCC[N]C2(c2ccccc2)N2CCNCC2)cc1. The summed E-state index contributed by atoms with van der Waals surface area (Å²) >= 11 is 0. The van der Waals surface area contributed by atoms with Gasteiger partial charge in [-0.1, -0.05) is 60.7 Å². The molecule has 4 heteroatoms. The molecule has 125 valence electrons. The number of ether oxygens (including phenoxy) is 1. The summed E-state index contributed by atoms with van der Waals surface area (Å²) in [6.07, 6.45) is -0.0760. The van der Waals surface area contributed by atoms with Crippen molar-refractivity contribution in [3.8, 4) is 0 Å².